The molecule has 0 atom stereocenters. The Bertz CT molecular complexity index is 157. The maximum Gasteiger partial charge on any atom is 0.114 e. The van der Waals surface area contributed by atoms with Gasteiger partial charge in [0.1, 0.15) is 4.38 Å². The standard InChI is InChI=1S/C6H16OS2.Mo/c1-7-6(8)9(2,3,4)5;/h8H,1-5H3;. The van der Waals surface area contributed by atoms with Crippen LogP contribution in [-0.4, -0.2) is 36.5 Å². The van der Waals surface area contributed by atoms with Crippen LogP contribution in [0.2, 0.25) is 0 Å². The van der Waals surface area contributed by atoms with Crippen molar-refractivity contribution in [1.29, 1.82) is 0 Å². The Morgan fingerprint density at radius 3 is 1.50 bits per heavy atom. The summed E-state index contributed by atoms with van der Waals surface area (Å²) in [6, 6.07) is 0. The zero-order chi connectivity index (χ0) is 7.73. The van der Waals surface area contributed by atoms with Gasteiger partial charge in [0, 0.05) is 28.2 Å². The van der Waals surface area contributed by atoms with Crippen LogP contribution in [0.4, 0.5) is 0 Å². The van der Waals surface area contributed by atoms with Crippen LogP contribution >= 0.6 is 21.4 Å². The van der Waals surface area contributed by atoms with Gasteiger partial charge >= 0.3 is 0 Å². The largest absolute Gasteiger partial charge is 0.339 e. The van der Waals surface area contributed by atoms with Crippen LogP contribution < -0.4 is 0 Å². The Morgan fingerprint density at radius 1 is 1.20 bits per heavy atom. The van der Waals surface area contributed by atoms with Crippen molar-refractivity contribution in [2.45, 2.75) is 0 Å². The Kier molecular flexibility index (Phi) is 5.17. The van der Waals surface area contributed by atoms with Crippen LogP contribution in [0, 0.1) is 0 Å². The van der Waals surface area contributed by atoms with Gasteiger partial charge in [-0.25, -0.2) is 8.75 Å². The van der Waals surface area contributed by atoms with Gasteiger partial charge in [-0.15, -0.1) is 12.6 Å². The van der Waals surface area contributed by atoms with Crippen molar-refractivity contribution in [2.75, 3.05) is 32.1 Å². The third kappa shape index (κ3) is 4.95. The van der Waals surface area contributed by atoms with Gasteiger partial charge in [-0.2, -0.15) is 0 Å². The molecule has 1 nitrogen and oxygen atoms in total. The van der Waals surface area contributed by atoms with Gasteiger partial charge in [-0.05, 0) is 25.0 Å². The molecule has 64 valence electrons. The summed E-state index contributed by atoms with van der Waals surface area (Å²) in [7, 11) is 0.235. The SMILES string of the molecule is COC(S)=S(C)(C)(C)C.[Mo]. The minimum atomic E-state index is -1.43. The van der Waals surface area contributed by atoms with E-state index in [0.717, 1.165) is 4.38 Å². The molecule has 0 unspecified atom stereocenters. The second kappa shape index (κ2) is 3.75. The topological polar surface area (TPSA) is 9.23 Å². The number of ether oxygens (including phenoxy) is 1. The molecule has 0 rings (SSSR count). The van der Waals surface area contributed by atoms with E-state index in [4.69, 9.17) is 4.74 Å². The maximum absolute atomic E-state index is 5.05. The number of thiol groups is 1. The normalized spacial score (nSPS) is 14.8. The summed E-state index contributed by atoms with van der Waals surface area (Å²) >= 11 is 4.24. The van der Waals surface area contributed by atoms with E-state index in [9.17, 15) is 0 Å². The molecule has 0 amide bonds. The average Bonchev–Trinajstić information content (AvgIpc) is 1.60. The zero-order valence-electron chi connectivity index (χ0n) is 7.17. The monoisotopic (exact) mass is 266 g/mol. The molecule has 0 aliphatic rings. The first-order valence-corrected chi connectivity index (χ1v) is 6.79. The first-order chi connectivity index (χ1) is 3.74. The first kappa shape index (κ1) is 13.8. The van der Waals surface area contributed by atoms with Gasteiger partial charge in [-0.1, -0.05) is 0 Å². The summed E-state index contributed by atoms with van der Waals surface area (Å²) in [5.41, 5.74) is 0. The fourth-order valence-electron chi connectivity index (χ4n) is 0.333. The number of hydrogen-bond donors (Lipinski definition) is 1. The molecule has 0 saturated carbocycles. The van der Waals surface area contributed by atoms with Crippen molar-refractivity contribution in [1.82, 2.24) is 0 Å². The summed E-state index contributed by atoms with van der Waals surface area (Å²) in [5, 5.41) is 0. The van der Waals surface area contributed by atoms with Crippen molar-refractivity contribution in [3.8, 4) is 0 Å². The van der Waals surface area contributed by atoms with Crippen molar-refractivity contribution in [3.63, 3.8) is 0 Å². The fourth-order valence-corrected chi connectivity index (χ4v) is 1.00. The molecule has 0 bridgehead atoms. The van der Waals surface area contributed by atoms with Crippen LogP contribution in [0.5, 0.6) is 0 Å². The van der Waals surface area contributed by atoms with Crippen LogP contribution in [0.15, 0.2) is 0 Å². The number of methoxy groups -OCH3 is 1. The molecule has 0 aromatic carbocycles. The first-order valence-electron chi connectivity index (χ1n) is 2.67. The smallest absolute Gasteiger partial charge is 0.114 e. The van der Waals surface area contributed by atoms with Crippen LogP contribution in [0.1, 0.15) is 0 Å². The zero-order valence-corrected chi connectivity index (χ0v) is 10.9. The number of hydrogen-bond acceptors (Lipinski definition) is 1. The Hall–Kier alpha value is 1.22. The summed E-state index contributed by atoms with van der Waals surface area (Å²) < 4.78 is 5.91. The van der Waals surface area contributed by atoms with Crippen LogP contribution in [0.25, 0.3) is 0 Å². The minimum absolute atomic E-state index is 0. The van der Waals surface area contributed by atoms with E-state index in [2.05, 4.69) is 37.7 Å². The van der Waals surface area contributed by atoms with Gasteiger partial charge < -0.3 is 4.74 Å². The molecule has 0 aromatic rings. The molecule has 4 heteroatoms. The molecule has 0 spiro atoms. The van der Waals surface area contributed by atoms with Crippen LogP contribution in [-0.2, 0) is 25.8 Å². The molecule has 0 radical (unpaired) electrons. The molecule has 0 fully saturated rings. The second-order valence-electron chi connectivity index (χ2n) is 3.74. The fraction of sp³-hybridized carbons (Fsp3) is 0.833. The molecule has 0 aromatic heterocycles. The molecule has 0 aliphatic heterocycles. The van der Waals surface area contributed by atoms with Crippen molar-refractivity contribution >= 4 is 25.8 Å². The van der Waals surface area contributed by atoms with Gasteiger partial charge in [0.15, 0.2) is 0 Å². The summed E-state index contributed by atoms with van der Waals surface area (Å²) in [6.07, 6.45) is 8.73. The van der Waals surface area contributed by atoms with Gasteiger partial charge in [0.05, 0.1) is 0 Å². The van der Waals surface area contributed by atoms with Crippen molar-refractivity contribution < 1.29 is 25.8 Å². The van der Waals surface area contributed by atoms with Gasteiger partial charge in [0.25, 0.3) is 0 Å². The van der Waals surface area contributed by atoms with Crippen molar-refractivity contribution in [2.24, 2.45) is 0 Å². The van der Waals surface area contributed by atoms with E-state index in [1.54, 1.807) is 7.11 Å². The Morgan fingerprint density at radius 2 is 1.50 bits per heavy atom. The maximum atomic E-state index is 5.05. The summed E-state index contributed by atoms with van der Waals surface area (Å²) in [5.74, 6) is 0. The van der Waals surface area contributed by atoms with Crippen molar-refractivity contribution in [3.05, 3.63) is 0 Å². The predicted octanol–water partition coefficient (Wildman–Crippen LogP) is 1.51. The van der Waals surface area contributed by atoms with Gasteiger partial charge in [-0.3, -0.25) is 0 Å². The summed E-state index contributed by atoms with van der Waals surface area (Å²) in [6.45, 7) is 0. The molecular weight excluding hydrogens is 248 g/mol. The summed E-state index contributed by atoms with van der Waals surface area (Å²) in [4.78, 5) is 0. The quantitative estimate of drug-likeness (QED) is 0.396. The molecule has 0 aliphatic carbocycles. The molecule has 10 heavy (non-hydrogen) atoms. The average molecular weight is 264 g/mol. The molecule has 0 N–H and O–H groups in total. The van der Waals surface area contributed by atoms with Crippen LogP contribution in [0.3, 0.4) is 0 Å². The third-order valence-electron chi connectivity index (χ3n) is 0.873. The van der Waals surface area contributed by atoms with E-state index in [1.807, 2.05) is 0 Å². The minimum Gasteiger partial charge on any atom is -0.339 e. The van der Waals surface area contributed by atoms with E-state index in [1.165, 1.54) is 0 Å². The predicted molar refractivity (Wildman–Crippen MR) is 52.3 cm³/mol. The number of rotatable bonds is 0. The Balaban J connectivity index is 0. The molecule has 0 saturated heterocycles. The van der Waals surface area contributed by atoms with E-state index in [-0.39, 0.29) is 21.1 Å². The van der Waals surface area contributed by atoms with E-state index in [0.29, 0.717) is 0 Å². The third-order valence-corrected chi connectivity index (χ3v) is 4.81. The van der Waals surface area contributed by atoms with Gasteiger partial charge in [0.2, 0.25) is 0 Å². The molecule has 0 heterocycles. The Labute approximate surface area is 83.5 Å². The molecular formula is C6H16MoOS2. The van der Waals surface area contributed by atoms with E-state index < -0.39 is 8.75 Å². The second-order valence-corrected chi connectivity index (χ2v) is 11.3. The van der Waals surface area contributed by atoms with E-state index >= 15 is 0 Å².